The van der Waals surface area contributed by atoms with Crippen LogP contribution in [0.4, 0.5) is 0 Å². The Labute approximate surface area is 139 Å². The van der Waals surface area contributed by atoms with E-state index < -0.39 is 0 Å². The summed E-state index contributed by atoms with van der Waals surface area (Å²) in [6, 6.07) is 0.423. The monoisotopic (exact) mass is 323 g/mol. The van der Waals surface area contributed by atoms with Gasteiger partial charge in [0.25, 0.3) is 0 Å². The molecule has 0 spiro atoms. The lowest BCUT2D eigenvalue weighted by Gasteiger charge is -2.59. The van der Waals surface area contributed by atoms with Gasteiger partial charge in [-0.05, 0) is 63.2 Å². The highest BCUT2D eigenvalue weighted by Gasteiger charge is 2.60. The van der Waals surface area contributed by atoms with Gasteiger partial charge in [0.2, 0.25) is 5.91 Å². The molecule has 0 radical (unpaired) electrons. The van der Waals surface area contributed by atoms with E-state index in [0.29, 0.717) is 23.8 Å². The topological polar surface area (TPSA) is 29.1 Å². The van der Waals surface area contributed by atoms with Crippen LogP contribution in [0.1, 0.15) is 83.5 Å². The third-order valence-electron chi connectivity index (χ3n) is 6.91. The molecule has 2 atom stereocenters. The molecule has 0 aromatic carbocycles. The Morgan fingerprint density at radius 3 is 2.09 bits per heavy atom. The van der Waals surface area contributed by atoms with Crippen LogP contribution in [-0.2, 0) is 4.79 Å². The van der Waals surface area contributed by atoms with Crippen LogP contribution in [0.3, 0.4) is 0 Å². The van der Waals surface area contributed by atoms with Crippen molar-refractivity contribution >= 4 is 17.5 Å². The lowest BCUT2D eigenvalue weighted by Crippen LogP contribution is -2.59. The molecule has 2 nitrogen and oxygen atoms in total. The second-order valence-electron chi connectivity index (χ2n) is 8.91. The Kier molecular flexibility index (Phi) is 3.95. The van der Waals surface area contributed by atoms with Gasteiger partial charge in [0, 0.05) is 10.9 Å². The first kappa shape index (κ1) is 15.3. The van der Waals surface area contributed by atoms with Crippen molar-refractivity contribution in [3.8, 4) is 0 Å². The maximum atomic E-state index is 13.1. The summed E-state index contributed by atoms with van der Waals surface area (Å²) in [4.78, 5) is 13.1. The van der Waals surface area contributed by atoms with Crippen molar-refractivity contribution in [2.75, 3.05) is 0 Å². The fourth-order valence-electron chi connectivity index (χ4n) is 6.36. The summed E-state index contributed by atoms with van der Waals surface area (Å²) < 4.78 is 0. The van der Waals surface area contributed by atoms with Gasteiger partial charge in [-0.3, -0.25) is 4.79 Å². The Morgan fingerprint density at radius 1 is 0.909 bits per heavy atom. The highest BCUT2D eigenvalue weighted by molar-refractivity contribution is 6.24. The van der Waals surface area contributed by atoms with Gasteiger partial charge in [0.15, 0.2) is 0 Å². The summed E-state index contributed by atoms with van der Waals surface area (Å²) in [6.07, 6.45) is 15.8. The van der Waals surface area contributed by atoms with Crippen LogP contribution < -0.4 is 5.32 Å². The lowest BCUT2D eigenvalue weighted by atomic mass is 9.49. The highest BCUT2D eigenvalue weighted by atomic mass is 35.5. The number of carbonyl (C=O) groups is 1. The standard InChI is InChI=1S/C19H30ClNO/c20-19-11-14-8-15(12-19)10-18(9-14,13-19)17(22)21-16-6-4-2-1-3-5-7-16/h14-16H,1-13H2,(H,21,22)/t14-,15-,18?,19?/m0/s1. The third-order valence-corrected chi connectivity index (χ3v) is 7.35. The fraction of sp³-hybridized carbons (Fsp3) is 0.947. The van der Waals surface area contributed by atoms with E-state index in [1.165, 1.54) is 51.4 Å². The van der Waals surface area contributed by atoms with Crippen LogP contribution in [0, 0.1) is 17.3 Å². The van der Waals surface area contributed by atoms with Gasteiger partial charge < -0.3 is 5.32 Å². The maximum absolute atomic E-state index is 13.1. The van der Waals surface area contributed by atoms with E-state index in [4.69, 9.17) is 11.6 Å². The number of alkyl halides is 1. The van der Waals surface area contributed by atoms with Crippen molar-refractivity contribution in [3.05, 3.63) is 0 Å². The zero-order chi connectivity index (χ0) is 15.2. The van der Waals surface area contributed by atoms with Crippen molar-refractivity contribution in [2.24, 2.45) is 17.3 Å². The molecule has 3 heteroatoms. The zero-order valence-electron chi connectivity index (χ0n) is 13.7. The van der Waals surface area contributed by atoms with Gasteiger partial charge in [-0.1, -0.05) is 32.1 Å². The Morgan fingerprint density at radius 2 is 1.50 bits per heavy atom. The molecule has 5 fully saturated rings. The molecule has 0 unspecified atom stereocenters. The number of hydrogen-bond donors (Lipinski definition) is 1. The van der Waals surface area contributed by atoms with Crippen molar-refractivity contribution < 1.29 is 4.79 Å². The van der Waals surface area contributed by atoms with E-state index in [-0.39, 0.29) is 10.3 Å². The molecule has 5 aliphatic rings. The molecule has 1 N–H and O–H groups in total. The third kappa shape index (κ3) is 2.81. The number of nitrogens with one attached hydrogen (secondary N) is 1. The average molecular weight is 324 g/mol. The summed E-state index contributed by atoms with van der Waals surface area (Å²) in [5.74, 6) is 1.78. The van der Waals surface area contributed by atoms with E-state index >= 15 is 0 Å². The van der Waals surface area contributed by atoms with Crippen molar-refractivity contribution in [3.63, 3.8) is 0 Å². The quantitative estimate of drug-likeness (QED) is 0.727. The first-order chi connectivity index (χ1) is 10.6. The molecular formula is C19H30ClNO. The van der Waals surface area contributed by atoms with Gasteiger partial charge in [0.1, 0.15) is 0 Å². The van der Waals surface area contributed by atoms with Gasteiger partial charge in [-0.25, -0.2) is 0 Å². The first-order valence-corrected chi connectivity index (χ1v) is 9.95. The molecule has 0 heterocycles. The minimum Gasteiger partial charge on any atom is -0.353 e. The van der Waals surface area contributed by atoms with Gasteiger partial charge in [-0.2, -0.15) is 0 Å². The molecule has 5 rings (SSSR count). The summed E-state index contributed by atoms with van der Waals surface area (Å²) >= 11 is 6.87. The van der Waals surface area contributed by atoms with Crippen LogP contribution in [-0.4, -0.2) is 16.8 Å². The number of hydrogen-bond acceptors (Lipinski definition) is 1. The summed E-state index contributed by atoms with van der Waals surface area (Å²) in [5.41, 5.74) is -0.117. The molecule has 0 saturated heterocycles. The SMILES string of the molecule is O=C(NC1CCCCCCC1)C12C[C@@H]3C[C@H](CC(Cl)(C3)C1)C2. The molecule has 5 saturated carbocycles. The van der Waals surface area contributed by atoms with Crippen LogP contribution in [0.2, 0.25) is 0 Å². The number of amides is 1. The molecule has 0 aromatic rings. The Bertz CT molecular complexity index is 427. The average Bonchev–Trinajstić information content (AvgIpc) is 2.38. The predicted octanol–water partition coefficient (Wildman–Crippen LogP) is 4.79. The van der Waals surface area contributed by atoms with E-state index in [1.807, 2.05) is 0 Å². The zero-order valence-corrected chi connectivity index (χ0v) is 14.5. The van der Waals surface area contributed by atoms with Crippen LogP contribution in [0.25, 0.3) is 0 Å². The minimum absolute atomic E-state index is 0.0532. The van der Waals surface area contributed by atoms with Crippen molar-refractivity contribution in [1.82, 2.24) is 5.32 Å². The van der Waals surface area contributed by atoms with E-state index in [2.05, 4.69) is 5.32 Å². The second kappa shape index (κ2) is 5.69. The van der Waals surface area contributed by atoms with Crippen LogP contribution in [0.15, 0.2) is 0 Å². The number of carbonyl (C=O) groups excluding carboxylic acids is 1. The molecule has 124 valence electrons. The molecule has 22 heavy (non-hydrogen) atoms. The normalized spacial score (nSPS) is 45.3. The van der Waals surface area contributed by atoms with Crippen molar-refractivity contribution in [1.29, 1.82) is 0 Å². The predicted molar refractivity (Wildman–Crippen MR) is 89.9 cm³/mol. The highest BCUT2D eigenvalue weighted by Crippen LogP contribution is 2.63. The Balaban J connectivity index is 1.45. The van der Waals surface area contributed by atoms with Gasteiger partial charge >= 0.3 is 0 Å². The molecule has 1 amide bonds. The van der Waals surface area contributed by atoms with Gasteiger partial charge in [-0.15, -0.1) is 11.6 Å². The maximum Gasteiger partial charge on any atom is 0.226 e. The molecule has 5 aliphatic carbocycles. The molecule has 0 aromatic heterocycles. The Hall–Kier alpha value is -0.240. The lowest BCUT2D eigenvalue weighted by molar-refractivity contribution is -0.145. The number of rotatable bonds is 2. The van der Waals surface area contributed by atoms with E-state index in [1.54, 1.807) is 0 Å². The molecule has 4 bridgehead atoms. The summed E-state index contributed by atoms with van der Waals surface area (Å²) in [6.45, 7) is 0. The van der Waals surface area contributed by atoms with Crippen LogP contribution in [0.5, 0.6) is 0 Å². The molecule has 0 aliphatic heterocycles. The largest absolute Gasteiger partial charge is 0.353 e. The second-order valence-corrected chi connectivity index (χ2v) is 9.71. The first-order valence-electron chi connectivity index (χ1n) is 9.57. The molecular weight excluding hydrogens is 294 g/mol. The van der Waals surface area contributed by atoms with Crippen LogP contribution >= 0.6 is 11.6 Å². The fourth-order valence-corrected chi connectivity index (χ4v) is 7.05. The van der Waals surface area contributed by atoms with E-state index in [0.717, 1.165) is 32.1 Å². The minimum atomic E-state index is -0.117. The smallest absolute Gasteiger partial charge is 0.226 e. The summed E-state index contributed by atoms with van der Waals surface area (Å²) in [5, 5.41) is 3.46. The summed E-state index contributed by atoms with van der Waals surface area (Å²) in [7, 11) is 0. The van der Waals surface area contributed by atoms with E-state index in [9.17, 15) is 4.79 Å². The number of halogens is 1. The van der Waals surface area contributed by atoms with Gasteiger partial charge in [0.05, 0.1) is 5.41 Å². The van der Waals surface area contributed by atoms with Crippen molar-refractivity contribution in [2.45, 2.75) is 94.4 Å².